The summed E-state index contributed by atoms with van der Waals surface area (Å²) in [6, 6.07) is 0.678. The molecule has 0 amide bonds. The number of nitrogens with zero attached hydrogens (tertiary/aromatic N) is 1. The van der Waals surface area contributed by atoms with Crippen molar-refractivity contribution in [3.05, 3.63) is 0 Å². The zero-order valence-electron chi connectivity index (χ0n) is 12.5. The average molecular weight is 381 g/mol. The maximum absolute atomic E-state index is 11.5. The van der Waals surface area contributed by atoms with E-state index in [-0.39, 0.29) is 11.9 Å². The van der Waals surface area contributed by atoms with Gasteiger partial charge in [-0.05, 0) is 43.7 Å². The molecule has 2 heterocycles. The van der Waals surface area contributed by atoms with E-state index >= 15 is 0 Å². The average Bonchev–Trinajstić information content (AvgIpc) is 2.46. The van der Waals surface area contributed by atoms with Gasteiger partial charge in [0.1, 0.15) is 0 Å². The van der Waals surface area contributed by atoms with Crippen LogP contribution in [-0.2, 0) is 9.53 Å². The molecule has 19 heavy (non-hydrogen) atoms. The Morgan fingerprint density at radius 3 is 2.58 bits per heavy atom. The van der Waals surface area contributed by atoms with E-state index in [0.29, 0.717) is 18.6 Å². The third-order valence-electron chi connectivity index (χ3n) is 4.14. The molecule has 0 aliphatic carbocycles. The van der Waals surface area contributed by atoms with E-state index in [1.54, 1.807) is 0 Å². The first-order chi connectivity index (χ1) is 9.18. The van der Waals surface area contributed by atoms with E-state index < -0.39 is 0 Å². The highest BCUT2D eigenvalue weighted by Gasteiger charge is 2.33. The lowest BCUT2D eigenvalue weighted by molar-refractivity contribution is -0.150. The molecule has 2 saturated heterocycles. The first kappa shape index (κ1) is 17.2. The standard InChI is InChI=1S/C14H25NO2.CH3I/c1-11(2)14(16)17-10-12-6-5-9-15-8-4-3-7-13(12)15;1-2/h11-13H,3-10H2,1-2H3;1H3. The molecular formula is C15H28INO2. The molecule has 2 aliphatic heterocycles. The zero-order valence-corrected chi connectivity index (χ0v) is 14.7. The van der Waals surface area contributed by atoms with Crippen LogP contribution in [0.4, 0.5) is 0 Å². The van der Waals surface area contributed by atoms with Gasteiger partial charge in [0.15, 0.2) is 0 Å². The highest BCUT2D eigenvalue weighted by atomic mass is 127. The molecule has 2 atom stereocenters. The minimum atomic E-state index is -0.0436. The Kier molecular flexibility index (Phi) is 8.30. The lowest BCUT2D eigenvalue weighted by atomic mass is 9.84. The Morgan fingerprint density at radius 2 is 1.89 bits per heavy atom. The SMILES string of the molecule is CC(C)C(=O)OCC1CCCN2CCCCC12.CI. The van der Waals surface area contributed by atoms with Crippen molar-refractivity contribution in [3.8, 4) is 0 Å². The second kappa shape index (κ2) is 9.16. The van der Waals surface area contributed by atoms with Gasteiger partial charge in [0.05, 0.1) is 12.5 Å². The summed E-state index contributed by atoms with van der Waals surface area (Å²) in [5, 5.41) is 0. The number of carbonyl (C=O) groups excluding carboxylic acids is 1. The van der Waals surface area contributed by atoms with Crippen molar-refractivity contribution in [1.29, 1.82) is 0 Å². The Balaban J connectivity index is 0.000000861. The second-order valence-corrected chi connectivity index (χ2v) is 5.79. The minimum Gasteiger partial charge on any atom is -0.465 e. The van der Waals surface area contributed by atoms with Gasteiger partial charge in [0.25, 0.3) is 0 Å². The number of ether oxygens (including phenoxy) is 1. The molecule has 2 unspecified atom stereocenters. The molecule has 0 aromatic heterocycles. The van der Waals surface area contributed by atoms with E-state index in [4.69, 9.17) is 4.74 Å². The van der Waals surface area contributed by atoms with Gasteiger partial charge in [-0.25, -0.2) is 0 Å². The normalized spacial score (nSPS) is 27.2. The fraction of sp³-hybridized carbons (Fsp3) is 0.933. The largest absolute Gasteiger partial charge is 0.465 e. The lowest BCUT2D eigenvalue weighted by Crippen LogP contribution is -2.49. The molecule has 4 heteroatoms. The Hall–Kier alpha value is 0.160. The molecule has 0 spiro atoms. The number of rotatable bonds is 3. The van der Waals surface area contributed by atoms with Gasteiger partial charge in [0.2, 0.25) is 0 Å². The van der Waals surface area contributed by atoms with Crippen LogP contribution in [0.25, 0.3) is 0 Å². The topological polar surface area (TPSA) is 29.5 Å². The first-order valence-electron chi connectivity index (χ1n) is 7.47. The van der Waals surface area contributed by atoms with Crippen LogP contribution in [0.15, 0.2) is 0 Å². The number of esters is 1. The number of alkyl halides is 1. The van der Waals surface area contributed by atoms with Gasteiger partial charge in [-0.3, -0.25) is 9.69 Å². The van der Waals surface area contributed by atoms with E-state index in [1.807, 2.05) is 18.8 Å². The zero-order chi connectivity index (χ0) is 14.3. The summed E-state index contributed by atoms with van der Waals surface area (Å²) in [6.07, 6.45) is 6.47. The fourth-order valence-corrected chi connectivity index (χ4v) is 3.13. The second-order valence-electron chi connectivity index (χ2n) is 5.79. The Bertz CT molecular complexity index is 269. The van der Waals surface area contributed by atoms with Crippen molar-refractivity contribution in [2.45, 2.75) is 52.0 Å². The molecule has 0 radical (unpaired) electrons. The summed E-state index contributed by atoms with van der Waals surface area (Å²) in [6.45, 7) is 6.93. The van der Waals surface area contributed by atoms with E-state index in [1.165, 1.54) is 45.2 Å². The molecule has 0 bridgehead atoms. The van der Waals surface area contributed by atoms with E-state index in [2.05, 4.69) is 27.5 Å². The number of hydrogen-bond donors (Lipinski definition) is 0. The van der Waals surface area contributed by atoms with E-state index in [0.717, 1.165) is 0 Å². The molecular weight excluding hydrogens is 353 g/mol. The summed E-state index contributed by atoms with van der Waals surface area (Å²) < 4.78 is 5.43. The Morgan fingerprint density at radius 1 is 1.21 bits per heavy atom. The van der Waals surface area contributed by atoms with Crippen molar-refractivity contribution in [2.75, 3.05) is 24.6 Å². The van der Waals surface area contributed by atoms with Gasteiger partial charge < -0.3 is 4.74 Å². The van der Waals surface area contributed by atoms with Gasteiger partial charge in [-0.1, -0.05) is 42.9 Å². The third-order valence-corrected chi connectivity index (χ3v) is 4.14. The van der Waals surface area contributed by atoms with Gasteiger partial charge in [0, 0.05) is 12.0 Å². The van der Waals surface area contributed by atoms with Gasteiger partial charge in [-0.2, -0.15) is 0 Å². The highest BCUT2D eigenvalue weighted by Crippen LogP contribution is 2.31. The molecule has 2 rings (SSSR count). The van der Waals surface area contributed by atoms with Crippen LogP contribution < -0.4 is 0 Å². The van der Waals surface area contributed by atoms with Crippen LogP contribution in [0, 0.1) is 11.8 Å². The predicted molar refractivity (Wildman–Crippen MR) is 87.7 cm³/mol. The van der Waals surface area contributed by atoms with Crippen molar-refractivity contribution >= 4 is 28.6 Å². The molecule has 3 nitrogen and oxygen atoms in total. The number of hydrogen-bond acceptors (Lipinski definition) is 3. The molecule has 0 saturated carbocycles. The number of halogens is 1. The quantitative estimate of drug-likeness (QED) is 0.426. The third kappa shape index (κ3) is 5.21. The van der Waals surface area contributed by atoms with Crippen LogP contribution >= 0.6 is 22.6 Å². The van der Waals surface area contributed by atoms with Crippen molar-refractivity contribution < 1.29 is 9.53 Å². The molecule has 2 fully saturated rings. The smallest absolute Gasteiger partial charge is 0.308 e. The van der Waals surface area contributed by atoms with Crippen LogP contribution in [0.1, 0.15) is 46.0 Å². The van der Waals surface area contributed by atoms with Crippen molar-refractivity contribution in [3.63, 3.8) is 0 Å². The molecule has 0 N–H and O–H groups in total. The summed E-state index contributed by atoms with van der Waals surface area (Å²) >= 11 is 2.15. The molecule has 0 aromatic carbocycles. The highest BCUT2D eigenvalue weighted by molar-refractivity contribution is 14.1. The van der Waals surface area contributed by atoms with Crippen molar-refractivity contribution in [2.24, 2.45) is 11.8 Å². The summed E-state index contributed by atoms with van der Waals surface area (Å²) in [7, 11) is 0. The number of fused-ring (bicyclic) bond motifs is 1. The Labute approximate surface area is 131 Å². The molecule has 112 valence electrons. The van der Waals surface area contributed by atoms with Crippen LogP contribution in [0.5, 0.6) is 0 Å². The number of carbonyl (C=O) groups is 1. The summed E-state index contributed by atoms with van der Waals surface area (Å²) in [4.78, 5) is 16.1. The fourth-order valence-electron chi connectivity index (χ4n) is 3.13. The van der Waals surface area contributed by atoms with E-state index in [9.17, 15) is 4.79 Å². The summed E-state index contributed by atoms with van der Waals surface area (Å²) in [5.74, 6) is 0.533. The van der Waals surface area contributed by atoms with Crippen LogP contribution in [-0.4, -0.2) is 41.5 Å². The number of piperidine rings is 2. The monoisotopic (exact) mass is 381 g/mol. The van der Waals surface area contributed by atoms with Crippen molar-refractivity contribution in [1.82, 2.24) is 4.90 Å². The first-order valence-corrected chi connectivity index (χ1v) is 9.62. The molecule has 2 aliphatic rings. The maximum atomic E-state index is 11.5. The maximum Gasteiger partial charge on any atom is 0.308 e. The van der Waals surface area contributed by atoms with Crippen LogP contribution in [0.2, 0.25) is 0 Å². The predicted octanol–water partition coefficient (Wildman–Crippen LogP) is 3.50. The lowest BCUT2D eigenvalue weighted by Gasteiger charge is -2.44. The summed E-state index contributed by atoms with van der Waals surface area (Å²) in [5.41, 5.74) is 0. The van der Waals surface area contributed by atoms with Gasteiger partial charge in [-0.15, -0.1) is 0 Å². The minimum absolute atomic E-state index is 0.000972. The van der Waals surface area contributed by atoms with Gasteiger partial charge >= 0.3 is 5.97 Å². The van der Waals surface area contributed by atoms with Crippen LogP contribution in [0.3, 0.4) is 0 Å². The molecule has 0 aromatic rings.